The molecule has 2 aromatic rings. The van der Waals surface area contributed by atoms with Crippen LogP contribution in [0.15, 0.2) is 6.33 Å². The van der Waals surface area contributed by atoms with Crippen molar-refractivity contribution in [1.82, 2.24) is 19.5 Å². The van der Waals surface area contributed by atoms with Crippen molar-refractivity contribution in [1.29, 1.82) is 0 Å². The topological polar surface area (TPSA) is 115 Å². The Morgan fingerprint density at radius 2 is 2.00 bits per heavy atom. The average molecular weight is 419 g/mol. The SMILES string of the molecule is Cc1nc(Cl)c2ncn(C3OC(COS(C)(=O)=O)C4OC(C)(C)OC43)c2n1. The average Bonchev–Trinajstić information content (AvgIpc) is 3.15. The molecule has 0 saturated carbocycles. The third kappa shape index (κ3) is 3.55. The van der Waals surface area contributed by atoms with E-state index < -0.39 is 40.4 Å². The molecule has 2 fully saturated rings. The molecule has 2 saturated heterocycles. The van der Waals surface area contributed by atoms with Crippen molar-refractivity contribution in [2.45, 2.75) is 51.1 Å². The summed E-state index contributed by atoms with van der Waals surface area (Å²) in [5.74, 6) is -0.357. The Kier molecular flexibility index (Phi) is 4.44. The van der Waals surface area contributed by atoms with Crippen LogP contribution in [0, 0.1) is 6.92 Å². The van der Waals surface area contributed by atoms with Gasteiger partial charge in [-0.2, -0.15) is 8.42 Å². The van der Waals surface area contributed by atoms with Gasteiger partial charge in [0.2, 0.25) is 0 Å². The highest BCUT2D eigenvalue weighted by molar-refractivity contribution is 7.85. The first-order valence-corrected chi connectivity index (χ1v) is 10.5. The van der Waals surface area contributed by atoms with E-state index >= 15 is 0 Å². The molecule has 4 rings (SSSR count). The van der Waals surface area contributed by atoms with Crippen LogP contribution in [0.1, 0.15) is 25.9 Å². The molecule has 148 valence electrons. The number of nitrogens with zero attached hydrogens (tertiary/aromatic N) is 4. The van der Waals surface area contributed by atoms with E-state index in [1.165, 1.54) is 0 Å². The van der Waals surface area contributed by atoms with Gasteiger partial charge in [0, 0.05) is 0 Å². The van der Waals surface area contributed by atoms with E-state index in [0.717, 1.165) is 6.26 Å². The lowest BCUT2D eigenvalue weighted by Crippen LogP contribution is -2.33. The van der Waals surface area contributed by atoms with Crippen LogP contribution in [-0.4, -0.2) is 64.9 Å². The number of halogens is 1. The van der Waals surface area contributed by atoms with Crippen LogP contribution in [-0.2, 0) is 28.5 Å². The normalized spacial score (nSPS) is 30.1. The molecule has 4 heterocycles. The van der Waals surface area contributed by atoms with Crippen LogP contribution in [0.25, 0.3) is 11.2 Å². The molecule has 2 aromatic heterocycles. The van der Waals surface area contributed by atoms with Gasteiger partial charge in [-0.25, -0.2) is 15.0 Å². The van der Waals surface area contributed by atoms with Crippen LogP contribution in [0.4, 0.5) is 0 Å². The second-order valence-corrected chi connectivity index (χ2v) is 9.01. The first-order chi connectivity index (χ1) is 12.5. The number of fused-ring (bicyclic) bond motifs is 2. The van der Waals surface area contributed by atoms with Crippen molar-refractivity contribution in [3.63, 3.8) is 0 Å². The number of ether oxygens (including phenoxy) is 3. The maximum absolute atomic E-state index is 11.4. The Hall–Kier alpha value is -1.37. The van der Waals surface area contributed by atoms with Crippen LogP contribution in [0.2, 0.25) is 5.15 Å². The van der Waals surface area contributed by atoms with Gasteiger partial charge in [-0.1, -0.05) is 11.6 Å². The smallest absolute Gasteiger partial charge is 0.264 e. The van der Waals surface area contributed by atoms with Crippen molar-refractivity contribution in [2.75, 3.05) is 12.9 Å². The zero-order valence-electron chi connectivity index (χ0n) is 15.1. The van der Waals surface area contributed by atoms with E-state index in [9.17, 15) is 8.42 Å². The fourth-order valence-electron chi connectivity index (χ4n) is 3.38. The van der Waals surface area contributed by atoms with Crippen molar-refractivity contribution in [3.05, 3.63) is 17.3 Å². The molecule has 2 aliphatic rings. The summed E-state index contributed by atoms with van der Waals surface area (Å²) < 4.78 is 47.3. The van der Waals surface area contributed by atoms with Gasteiger partial charge in [-0.05, 0) is 20.8 Å². The van der Waals surface area contributed by atoms with Crippen molar-refractivity contribution >= 4 is 32.9 Å². The van der Waals surface area contributed by atoms with E-state index in [-0.39, 0.29) is 11.8 Å². The van der Waals surface area contributed by atoms with Crippen molar-refractivity contribution < 1.29 is 26.8 Å². The summed E-state index contributed by atoms with van der Waals surface area (Å²) in [6.07, 6.45) is 0.230. The second kappa shape index (κ2) is 6.33. The first kappa shape index (κ1) is 19.0. The zero-order chi connectivity index (χ0) is 19.6. The van der Waals surface area contributed by atoms with Gasteiger partial charge < -0.3 is 14.2 Å². The molecule has 27 heavy (non-hydrogen) atoms. The summed E-state index contributed by atoms with van der Waals surface area (Å²) >= 11 is 6.16. The minimum Gasteiger partial charge on any atom is -0.347 e. The minimum atomic E-state index is -3.62. The maximum Gasteiger partial charge on any atom is 0.264 e. The number of imidazole rings is 1. The highest BCUT2D eigenvalue weighted by atomic mass is 35.5. The maximum atomic E-state index is 11.4. The zero-order valence-corrected chi connectivity index (χ0v) is 16.7. The van der Waals surface area contributed by atoms with Crippen LogP contribution < -0.4 is 0 Å². The fraction of sp³-hybridized carbons (Fsp3) is 0.667. The molecule has 2 aliphatic heterocycles. The molecule has 0 aromatic carbocycles. The quantitative estimate of drug-likeness (QED) is 0.533. The first-order valence-electron chi connectivity index (χ1n) is 8.26. The Bertz CT molecular complexity index is 994. The molecular weight excluding hydrogens is 400 g/mol. The van der Waals surface area contributed by atoms with Crippen LogP contribution >= 0.6 is 11.6 Å². The molecule has 10 nitrogen and oxygen atoms in total. The molecule has 0 radical (unpaired) electrons. The standard InChI is InChI=1S/C15H19ClN4O6S/c1-7-18-12(16)9-13(19-7)20(6-17-9)14-11-10(25-15(2,3)26-11)8(24-14)5-23-27(4,21)22/h6,8,10-11,14H,5H2,1-4H3. The third-order valence-corrected chi connectivity index (χ3v) is 5.16. The number of aryl methyl sites for hydroxylation is 1. The van der Waals surface area contributed by atoms with E-state index in [0.29, 0.717) is 17.0 Å². The van der Waals surface area contributed by atoms with Gasteiger partial charge in [0.1, 0.15) is 29.7 Å². The van der Waals surface area contributed by atoms with E-state index in [2.05, 4.69) is 15.0 Å². The monoisotopic (exact) mass is 418 g/mol. The molecule has 0 bridgehead atoms. The fourth-order valence-corrected chi connectivity index (χ4v) is 4.02. The summed E-state index contributed by atoms with van der Waals surface area (Å²) in [6.45, 7) is 5.11. The van der Waals surface area contributed by atoms with Crippen molar-refractivity contribution in [2.24, 2.45) is 0 Å². The van der Waals surface area contributed by atoms with Gasteiger partial charge in [-0.15, -0.1) is 0 Å². The summed E-state index contributed by atoms with van der Waals surface area (Å²) in [4.78, 5) is 12.8. The van der Waals surface area contributed by atoms with Gasteiger partial charge in [0.15, 0.2) is 22.8 Å². The Morgan fingerprint density at radius 3 is 2.70 bits per heavy atom. The highest BCUT2D eigenvalue weighted by Crippen LogP contribution is 2.44. The molecule has 12 heteroatoms. The lowest BCUT2D eigenvalue weighted by atomic mass is 10.1. The molecule has 4 atom stereocenters. The number of hydrogen-bond acceptors (Lipinski definition) is 9. The number of hydrogen-bond donors (Lipinski definition) is 0. The van der Waals surface area contributed by atoms with Gasteiger partial charge in [0.25, 0.3) is 10.1 Å². The number of aromatic nitrogens is 4. The van der Waals surface area contributed by atoms with Gasteiger partial charge >= 0.3 is 0 Å². The van der Waals surface area contributed by atoms with Crippen LogP contribution in [0.3, 0.4) is 0 Å². The third-order valence-electron chi connectivity index (χ3n) is 4.34. The lowest BCUT2D eigenvalue weighted by Gasteiger charge is -2.24. The molecular formula is C15H19ClN4O6S. The summed E-state index contributed by atoms with van der Waals surface area (Å²) in [6, 6.07) is 0. The van der Waals surface area contributed by atoms with Gasteiger partial charge in [0.05, 0.1) is 19.2 Å². The Morgan fingerprint density at radius 1 is 1.30 bits per heavy atom. The second-order valence-electron chi connectivity index (χ2n) is 7.00. The molecule has 0 aliphatic carbocycles. The van der Waals surface area contributed by atoms with Gasteiger partial charge in [-0.3, -0.25) is 8.75 Å². The molecule has 0 amide bonds. The van der Waals surface area contributed by atoms with E-state index in [1.54, 1.807) is 31.7 Å². The number of rotatable bonds is 4. The van der Waals surface area contributed by atoms with E-state index in [4.69, 9.17) is 30.0 Å². The molecule has 0 spiro atoms. The molecule has 0 N–H and O–H groups in total. The summed E-state index contributed by atoms with van der Waals surface area (Å²) in [5, 5.41) is 0.242. The summed E-state index contributed by atoms with van der Waals surface area (Å²) in [7, 11) is -3.62. The predicted octanol–water partition coefficient (Wildman–Crippen LogP) is 1.18. The van der Waals surface area contributed by atoms with E-state index in [1.807, 2.05) is 0 Å². The predicted molar refractivity (Wildman–Crippen MR) is 93.6 cm³/mol. The minimum absolute atomic E-state index is 0.183. The van der Waals surface area contributed by atoms with Crippen LogP contribution in [0.5, 0.6) is 0 Å². The Labute approximate surface area is 160 Å². The molecule has 4 unspecified atom stereocenters. The Balaban J connectivity index is 1.70. The highest BCUT2D eigenvalue weighted by Gasteiger charge is 2.56. The lowest BCUT2D eigenvalue weighted by molar-refractivity contribution is -0.198. The summed E-state index contributed by atoms with van der Waals surface area (Å²) in [5.41, 5.74) is 0.936. The largest absolute Gasteiger partial charge is 0.347 e. The van der Waals surface area contributed by atoms with Crippen molar-refractivity contribution in [3.8, 4) is 0 Å².